The van der Waals surface area contributed by atoms with E-state index >= 15 is 0 Å². The maximum absolute atomic E-state index is 11.9. The summed E-state index contributed by atoms with van der Waals surface area (Å²) in [5.41, 5.74) is 1.89. The van der Waals surface area contributed by atoms with Gasteiger partial charge in [0.05, 0.1) is 5.75 Å². The van der Waals surface area contributed by atoms with Gasteiger partial charge in [0.25, 0.3) is 0 Å². The zero-order valence-corrected chi connectivity index (χ0v) is 17.2. The third-order valence-electron chi connectivity index (χ3n) is 3.48. The van der Waals surface area contributed by atoms with Crippen LogP contribution in [0.1, 0.15) is 25.3 Å². The molecular weight excluding hydrogens is 378 g/mol. The van der Waals surface area contributed by atoms with Crippen LogP contribution in [0.5, 0.6) is 0 Å². The number of nitrogens with zero attached hydrogens (tertiary/aromatic N) is 2. The minimum atomic E-state index is 0.0357. The number of pyridine rings is 1. The number of thioether (sulfide) groups is 2. The van der Waals surface area contributed by atoms with Crippen LogP contribution in [0.25, 0.3) is 0 Å². The van der Waals surface area contributed by atoms with E-state index in [2.05, 4.69) is 11.6 Å². The van der Waals surface area contributed by atoms with E-state index in [9.17, 15) is 9.59 Å². The summed E-state index contributed by atoms with van der Waals surface area (Å²) in [5.74, 6) is 1.29. The highest BCUT2D eigenvalue weighted by Gasteiger charge is 2.09. The molecule has 0 radical (unpaired) electrons. The molecule has 0 amide bonds. The molecule has 5 nitrogen and oxygen atoms in total. The number of hydrogen-bond acceptors (Lipinski definition) is 6. The van der Waals surface area contributed by atoms with E-state index in [1.54, 1.807) is 12.3 Å². The smallest absolute Gasteiger partial charge is 0.189 e. The summed E-state index contributed by atoms with van der Waals surface area (Å²) in [5, 5.41) is 7.24. The number of aryl methyl sites for hydroxylation is 1. The normalized spacial score (nSPS) is 11.5. The molecule has 144 valence electrons. The van der Waals surface area contributed by atoms with E-state index in [-0.39, 0.29) is 23.1 Å². The molecule has 0 aromatic carbocycles. The molecule has 1 aromatic rings. The Morgan fingerprint density at radius 3 is 2.41 bits per heavy atom. The largest absolute Gasteiger partial charge is 0.308 e. The van der Waals surface area contributed by atoms with Gasteiger partial charge in [0.1, 0.15) is 0 Å². The van der Waals surface area contributed by atoms with Gasteiger partial charge in [-0.05, 0) is 13.0 Å². The van der Waals surface area contributed by atoms with E-state index in [1.165, 1.54) is 29.7 Å². The van der Waals surface area contributed by atoms with Crippen LogP contribution in [0.2, 0.25) is 0 Å². The Kier molecular flexibility index (Phi) is 12.1. The fraction of sp³-hybridized carbons (Fsp3) is 0.350. The number of hydrogen-bond donors (Lipinski definition) is 1. The van der Waals surface area contributed by atoms with Crippen LogP contribution in [0, 0.1) is 5.41 Å². The zero-order valence-electron chi connectivity index (χ0n) is 15.6. The van der Waals surface area contributed by atoms with Crippen molar-refractivity contribution in [2.24, 2.45) is 4.99 Å². The van der Waals surface area contributed by atoms with Gasteiger partial charge in [0.2, 0.25) is 0 Å². The molecule has 1 aromatic heterocycles. The minimum absolute atomic E-state index is 0.0357. The number of nitrogens with one attached hydrogen (secondary N) is 1. The summed E-state index contributed by atoms with van der Waals surface area (Å²) in [6.07, 6.45) is 11.0. The number of rotatable bonds is 12. The van der Waals surface area contributed by atoms with Crippen LogP contribution >= 0.6 is 23.5 Å². The van der Waals surface area contributed by atoms with Gasteiger partial charge in [-0.3, -0.25) is 14.6 Å². The highest BCUT2D eigenvalue weighted by molar-refractivity contribution is 8.14. The summed E-state index contributed by atoms with van der Waals surface area (Å²) in [4.78, 5) is 27.9. The predicted molar refractivity (Wildman–Crippen MR) is 116 cm³/mol. The van der Waals surface area contributed by atoms with Crippen molar-refractivity contribution in [1.82, 2.24) is 0 Å². The lowest BCUT2D eigenvalue weighted by Gasteiger charge is -2.00. The maximum Gasteiger partial charge on any atom is 0.189 e. The molecule has 0 saturated carbocycles. The summed E-state index contributed by atoms with van der Waals surface area (Å²) in [7, 11) is 0. The Hall–Kier alpha value is -1.99. The number of carbonyl (C=O) groups excluding carboxylic acids is 2. The van der Waals surface area contributed by atoms with Crippen molar-refractivity contribution >= 4 is 46.2 Å². The lowest BCUT2D eigenvalue weighted by molar-refractivity contribution is -0.692. The third-order valence-corrected chi connectivity index (χ3v) is 5.30. The van der Waals surface area contributed by atoms with Crippen LogP contribution in [-0.2, 0) is 16.1 Å². The van der Waals surface area contributed by atoms with E-state index in [0.29, 0.717) is 18.1 Å². The Morgan fingerprint density at radius 2 is 1.81 bits per heavy atom. The molecule has 0 bridgehead atoms. The zero-order chi connectivity index (χ0) is 19.9. The van der Waals surface area contributed by atoms with Crippen molar-refractivity contribution in [2.45, 2.75) is 26.3 Å². The fourth-order valence-corrected chi connectivity index (χ4v) is 3.30. The summed E-state index contributed by atoms with van der Waals surface area (Å²) in [6.45, 7) is 6.90. The second kappa shape index (κ2) is 14.1. The van der Waals surface area contributed by atoms with Crippen LogP contribution in [0.3, 0.4) is 0 Å². The SMILES string of the molecule is C=C/C(C)=C\C=NCCSC(=O)CCC(=O)SCC[n+]1ccc(C=N)cc1. The predicted octanol–water partition coefficient (Wildman–Crippen LogP) is 3.47. The van der Waals surface area contributed by atoms with Gasteiger partial charge in [-0.1, -0.05) is 41.8 Å². The molecule has 1 heterocycles. The Bertz CT molecular complexity index is 698. The molecule has 0 aliphatic heterocycles. The Balaban J connectivity index is 2.11. The van der Waals surface area contributed by atoms with Crippen molar-refractivity contribution in [3.05, 3.63) is 54.4 Å². The number of aliphatic imine (C=N–C) groups is 1. The Labute approximate surface area is 169 Å². The first-order valence-electron chi connectivity index (χ1n) is 8.65. The summed E-state index contributed by atoms with van der Waals surface area (Å²) < 4.78 is 1.97. The molecule has 0 aliphatic rings. The average Bonchev–Trinajstić information content (AvgIpc) is 2.69. The second-order valence-corrected chi connectivity index (χ2v) is 7.93. The monoisotopic (exact) mass is 404 g/mol. The maximum atomic E-state index is 11.9. The van der Waals surface area contributed by atoms with Gasteiger partial charge in [-0.15, -0.1) is 0 Å². The third kappa shape index (κ3) is 11.4. The number of aromatic nitrogens is 1. The molecule has 0 unspecified atom stereocenters. The highest BCUT2D eigenvalue weighted by atomic mass is 32.2. The first-order valence-corrected chi connectivity index (χ1v) is 10.6. The fourth-order valence-electron chi connectivity index (χ4n) is 1.85. The molecule has 0 fully saturated rings. The summed E-state index contributed by atoms with van der Waals surface area (Å²) >= 11 is 2.49. The number of allylic oxidation sites excluding steroid dienone is 3. The first kappa shape index (κ1) is 23.0. The van der Waals surface area contributed by atoms with Gasteiger partial charge in [-0.25, -0.2) is 4.57 Å². The average molecular weight is 405 g/mol. The van der Waals surface area contributed by atoms with Crippen LogP contribution in [0.15, 0.2) is 53.8 Å². The van der Waals surface area contributed by atoms with Gasteiger partial charge in [0.15, 0.2) is 29.2 Å². The van der Waals surface area contributed by atoms with Gasteiger partial charge in [-0.2, -0.15) is 0 Å². The highest BCUT2D eigenvalue weighted by Crippen LogP contribution is 2.12. The number of carbonyl (C=O) groups is 2. The molecule has 0 aliphatic carbocycles. The molecule has 1 rings (SSSR count). The minimum Gasteiger partial charge on any atom is -0.308 e. The van der Waals surface area contributed by atoms with Gasteiger partial charge in [0, 0.05) is 55.3 Å². The van der Waals surface area contributed by atoms with Crippen molar-refractivity contribution in [3.63, 3.8) is 0 Å². The quantitative estimate of drug-likeness (QED) is 0.250. The van der Waals surface area contributed by atoms with Crippen LogP contribution in [0.4, 0.5) is 0 Å². The Morgan fingerprint density at radius 1 is 1.19 bits per heavy atom. The van der Waals surface area contributed by atoms with Crippen molar-refractivity contribution in [3.8, 4) is 0 Å². The molecule has 0 saturated heterocycles. The van der Waals surface area contributed by atoms with Gasteiger partial charge >= 0.3 is 0 Å². The molecule has 0 spiro atoms. The van der Waals surface area contributed by atoms with Gasteiger partial charge < -0.3 is 5.41 Å². The second-order valence-electron chi connectivity index (χ2n) is 5.62. The van der Waals surface area contributed by atoms with Crippen LogP contribution < -0.4 is 4.57 Å². The van der Waals surface area contributed by atoms with Crippen molar-refractivity contribution in [2.75, 3.05) is 18.1 Å². The first-order chi connectivity index (χ1) is 13.0. The van der Waals surface area contributed by atoms with Crippen molar-refractivity contribution < 1.29 is 14.2 Å². The molecule has 0 atom stereocenters. The molecule has 27 heavy (non-hydrogen) atoms. The molecule has 1 N–H and O–H groups in total. The van der Waals surface area contributed by atoms with E-state index in [4.69, 9.17) is 5.41 Å². The lowest BCUT2D eigenvalue weighted by atomic mass is 10.3. The van der Waals surface area contributed by atoms with Crippen LogP contribution in [-0.4, -0.2) is 40.7 Å². The standard InChI is InChI=1S/C20H26N3O2S2/c1-3-17(2)6-9-22-10-14-26-19(24)4-5-20(25)27-15-13-23-11-7-18(16-21)8-12-23/h3,6-9,11-12,16,21H,1,4-5,10,13-15H2,2H3/q+1/b17-6-,21-16?,22-9?. The molecule has 7 heteroatoms. The summed E-state index contributed by atoms with van der Waals surface area (Å²) in [6, 6.07) is 3.71. The van der Waals surface area contributed by atoms with E-state index in [0.717, 1.165) is 17.7 Å². The van der Waals surface area contributed by atoms with E-state index in [1.807, 2.05) is 42.1 Å². The lowest BCUT2D eigenvalue weighted by Crippen LogP contribution is -2.34. The van der Waals surface area contributed by atoms with Crippen molar-refractivity contribution in [1.29, 1.82) is 5.41 Å². The topological polar surface area (TPSA) is 74.2 Å². The molecular formula is C20H26N3O2S2+. The van der Waals surface area contributed by atoms with E-state index < -0.39 is 0 Å².